The standard InChI is InChI=1S/C14H18N4O4/c1-2-15-14(20)17-9-7-16(8-10-17)13(19)11-3-5-12(6-4-11)18(21)22/h3-6H,2,7-10H2,1H3,(H,15,20). The molecule has 2 rings (SSSR count). The van der Waals surface area contributed by atoms with Gasteiger partial charge in [-0.3, -0.25) is 14.9 Å². The summed E-state index contributed by atoms with van der Waals surface area (Å²) in [4.78, 5) is 37.4. The van der Waals surface area contributed by atoms with Crippen LogP contribution in [0, 0.1) is 10.1 Å². The largest absolute Gasteiger partial charge is 0.338 e. The molecule has 1 aliphatic rings. The van der Waals surface area contributed by atoms with Crippen molar-refractivity contribution in [2.45, 2.75) is 6.92 Å². The van der Waals surface area contributed by atoms with E-state index in [1.165, 1.54) is 24.3 Å². The molecular formula is C14H18N4O4. The predicted molar refractivity (Wildman–Crippen MR) is 79.6 cm³/mol. The molecule has 1 saturated heterocycles. The van der Waals surface area contributed by atoms with E-state index in [1.807, 2.05) is 6.92 Å². The molecule has 0 aliphatic carbocycles. The minimum absolute atomic E-state index is 0.0439. The SMILES string of the molecule is CCNC(=O)N1CCN(C(=O)c2ccc([N+](=O)[O-])cc2)CC1. The van der Waals surface area contributed by atoms with Gasteiger partial charge in [-0.25, -0.2) is 4.79 Å². The second-order valence-corrected chi connectivity index (χ2v) is 4.92. The zero-order valence-corrected chi connectivity index (χ0v) is 12.3. The molecule has 22 heavy (non-hydrogen) atoms. The van der Waals surface area contributed by atoms with Crippen molar-refractivity contribution < 1.29 is 14.5 Å². The fourth-order valence-corrected chi connectivity index (χ4v) is 2.28. The van der Waals surface area contributed by atoms with E-state index in [2.05, 4.69) is 5.32 Å². The molecule has 0 atom stereocenters. The van der Waals surface area contributed by atoms with Gasteiger partial charge in [0.1, 0.15) is 0 Å². The van der Waals surface area contributed by atoms with Gasteiger partial charge in [0.15, 0.2) is 0 Å². The van der Waals surface area contributed by atoms with Crippen LogP contribution in [0.4, 0.5) is 10.5 Å². The second-order valence-electron chi connectivity index (χ2n) is 4.92. The number of carbonyl (C=O) groups is 2. The number of hydrogen-bond acceptors (Lipinski definition) is 4. The molecule has 1 fully saturated rings. The van der Waals surface area contributed by atoms with Crippen LogP contribution in [0.2, 0.25) is 0 Å². The van der Waals surface area contributed by atoms with Crippen molar-refractivity contribution in [3.05, 3.63) is 39.9 Å². The van der Waals surface area contributed by atoms with E-state index in [4.69, 9.17) is 0 Å². The van der Waals surface area contributed by atoms with Crippen LogP contribution in [0.1, 0.15) is 17.3 Å². The third-order valence-electron chi connectivity index (χ3n) is 3.51. The molecule has 0 unspecified atom stereocenters. The summed E-state index contributed by atoms with van der Waals surface area (Å²) in [5.74, 6) is -0.176. The van der Waals surface area contributed by atoms with Crippen LogP contribution in [-0.4, -0.2) is 59.4 Å². The summed E-state index contributed by atoms with van der Waals surface area (Å²) in [5, 5.41) is 13.3. The molecule has 0 aromatic heterocycles. The van der Waals surface area contributed by atoms with Crippen LogP contribution < -0.4 is 5.32 Å². The van der Waals surface area contributed by atoms with Crippen molar-refractivity contribution in [2.75, 3.05) is 32.7 Å². The summed E-state index contributed by atoms with van der Waals surface area (Å²) in [5.41, 5.74) is 0.370. The van der Waals surface area contributed by atoms with Gasteiger partial charge in [-0.2, -0.15) is 0 Å². The molecule has 118 valence electrons. The number of nitrogens with zero attached hydrogens (tertiary/aromatic N) is 3. The summed E-state index contributed by atoms with van der Waals surface area (Å²) in [6.45, 7) is 4.28. The van der Waals surface area contributed by atoms with Gasteiger partial charge in [-0.15, -0.1) is 0 Å². The normalized spacial score (nSPS) is 14.6. The summed E-state index contributed by atoms with van der Waals surface area (Å²) < 4.78 is 0. The molecule has 1 N–H and O–H groups in total. The summed E-state index contributed by atoms with van der Waals surface area (Å²) >= 11 is 0. The Morgan fingerprint density at radius 2 is 1.68 bits per heavy atom. The van der Waals surface area contributed by atoms with E-state index in [1.54, 1.807) is 9.80 Å². The molecule has 8 nitrogen and oxygen atoms in total. The Labute approximate surface area is 127 Å². The van der Waals surface area contributed by atoms with Gasteiger partial charge < -0.3 is 15.1 Å². The topological polar surface area (TPSA) is 95.8 Å². The molecule has 1 aliphatic heterocycles. The molecule has 0 saturated carbocycles. The molecule has 1 aromatic rings. The van der Waals surface area contributed by atoms with Gasteiger partial charge in [0, 0.05) is 50.4 Å². The van der Waals surface area contributed by atoms with E-state index in [-0.39, 0.29) is 17.6 Å². The van der Waals surface area contributed by atoms with E-state index >= 15 is 0 Å². The van der Waals surface area contributed by atoms with Gasteiger partial charge in [0.2, 0.25) is 0 Å². The first-order chi connectivity index (χ1) is 10.5. The highest BCUT2D eigenvalue weighted by molar-refractivity contribution is 5.94. The number of carbonyl (C=O) groups excluding carboxylic acids is 2. The lowest BCUT2D eigenvalue weighted by atomic mass is 10.1. The van der Waals surface area contributed by atoms with Crippen LogP contribution in [0.15, 0.2) is 24.3 Å². The predicted octanol–water partition coefficient (Wildman–Crippen LogP) is 1.08. The Bertz CT molecular complexity index is 565. The van der Waals surface area contributed by atoms with Crippen molar-refractivity contribution in [3.8, 4) is 0 Å². The lowest BCUT2D eigenvalue weighted by molar-refractivity contribution is -0.384. The molecule has 3 amide bonds. The van der Waals surface area contributed by atoms with E-state index in [9.17, 15) is 19.7 Å². The average Bonchev–Trinajstić information content (AvgIpc) is 2.54. The number of nitro benzene ring substituents is 1. The molecule has 1 aromatic carbocycles. The van der Waals surface area contributed by atoms with Gasteiger partial charge in [0.05, 0.1) is 4.92 Å². The van der Waals surface area contributed by atoms with Crippen molar-refractivity contribution >= 4 is 17.6 Å². The number of hydrogen-bond donors (Lipinski definition) is 1. The van der Waals surface area contributed by atoms with Gasteiger partial charge in [-0.05, 0) is 19.1 Å². The summed E-state index contributed by atoms with van der Waals surface area (Å²) in [7, 11) is 0. The maximum absolute atomic E-state index is 12.3. The van der Waals surface area contributed by atoms with Crippen LogP contribution in [0.25, 0.3) is 0 Å². The Kier molecular flexibility index (Phi) is 4.92. The first-order valence-electron chi connectivity index (χ1n) is 7.09. The van der Waals surface area contributed by atoms with Gasteiger partial charge in [0.25, 0.3) is 11.6 Å². The Hall–Kier alpha value is -2.64. The van der Waals surface area contributed by atoms with E-state index in [0.29, 0.717) is 38.3 Å². The lowest BCUT2D eigenvalue weighted by Gasteiger charge is -2.34. The number of piperazine rings is 1. The van der Waals surface area contributed by atoms with E-state index in [0.717, 1.165) is 0 Å². The Morgan fingerprint density at radius 3 is 2.18 bits per heavy atom. The van der Waals surface area contributed by atoms with Gasteiger partial charge >= 0.3 is 6.03 Å². The minimum atomic E-state index is -0.501. The number of benzene rings is 1. The number of rotatable bonds is 3. The monoisotopic (exact) mass is 306 g/mol. The van der Waals surface area contributed by atoms with Crippen molar-refractivity contribution in [1.82, 2.24) is 15.1 Å². The van der Waals surface area contributed by atoms with Crippen LogP contribution in [0.5, 0.6) is 0 Å². The number of urea groups is 1. The summed E-state index contributed by atoms with van der Waals surface area (Å²) in [6, 6.07) is 5.42. The number of amides is 3. The van der Waals surface area contributed by atoms with Crippen LogP contribution in [0.3, 0.4) is 0 Å². The quantitative estimate of drug-likeness (QED) is 0.667. The number of nitrogens with one attached hydrogen (secondary N) is 1. The number of non-ortho nitro benzene ring substituents is 1. The highest BCUT2D eigenvalue weighted by atomic mass is 16.6. The molecule has 0 spiro atoms. The fourth-order valence-electron chi connectivity index (χ4n) is 2.28. The molecule has 1 heterocycles. The first kappa shape index (κ1) is 15.7. The second kappa shape index (κ2) is 6.88. The zero-order chi connectivity index (χ0) is 16.1. The molecule has 0 bridgehead atoms. The lowest BCUT2D eigenvalue weighted by Crippen LogP contribution is -2.53. The smallest absolute Gasteiger partial charge is 0.317 e. The molecular weight excluding hydrogens is 288 g/mol. The molecule has 8 heteroatoms. The molecule has 0 radical (unpaired) electrons. The first-order valence-corrected chi connectivity index (χ1v) is 7.09. The number of nitro groups is 1. The van der Waals surface area contributed by atoms with Crippen molar-refractivity contribution in [2.24, 2.45) is 0 Å². The highest BCUT2D eigenvalue weighted by Crippen LogP contribution is 2.14. The zero-order valence-electron chi connectivity index (χ0n) is 12.3. The Morgan fingerprint density at radius 1 is 1.14 bits per heavy atom. The fraction of sp³-hybridized carbons (Fsp3) is 0.429. The Balaban J connectivity index is 1.94. The highest BCUT2D eigenvalue weighted by Gasteiger charge is 2.24. The van der Waals surface area contributed by atoms with E-state index < -0.39 is 4.92 Å². The van der Waals surface area contributed by atoms with Crippen molar-refractivity contribution in [1.29, 1.82) is 0 Å². The summed E-state index contributed by atoms with van der Waals surface area (Å²) in [6.07, 6.45) is 0. The van der Waals surface area contributed by atoms with Gasteiger partial charge in [-0.1, -0.05) is 0 Å². The third-order valence-corrected chi connectivity index (χ3v) is 3.51. The van der Waals surface area contributed by atoms with Crippen LogP contribution in [-0.2, 0) is 0 Å². The third kappa shape index (κ3) is 3.51. The maximum Gasteiger partial charge on any atom is 0.317 e. The minimum Gasteiger partial charge on any atom is -0.338 e. The van der Waals surface area contributed by atoms with Crippen LogP contribution >= 0.6 is 0 Å². The van der Waals surface area contributed by atoms with Crippen molar-refractivity contribution in [3.63, 3.8) is 0 Å². The average molecular weight is 306 g/mol. The maximum atomic E-state index is 12.3.